The summed E-state index contributed by atoms with van der Waals surface area (Å²) in [6.45, 7) is 1.75. The third kappa shape index (κ3) is 2.60. The van der Waals surface area contributed by atoms with E-state index in [1.807, 2.05) is 0 Å². The minimum absolute atomic E-state index is 0.156. The number of rotatable bonds is 2. The number of nitrogens with zero attached hydrogens (tertiary/aromatic N) is 4. The average Bonchev–Trinajstić information content (AvgIpc) is 3.00. The van der Waals surface area contributed by atoms with Gasteiger partial charge in [-0.25, -0.2) is 9.38 Å². The average molecular weight is 333 g/mol. The number of aryl methyl sites for hydroxylation is 1. The van der Waals surface area contributed by atoms with Gasteiger partial charge in [0.05, 0.1) is 34.0 Å². The van der Waals surface area contributed by atoms with Crippen molar-refractivity contribution in [2.24, 2.45) is 17.0 Å². The lowest BCUT2D eigenvalue weighted by Gasteiger charge is -2.21. The van der Waals surface area contributed by atoms with E-state index in [2.05, 4.69) is 21.0 Å². The Bertz CT molecular complexity index is 1010. The highest BCUT2D eigenvalue weighted by molar-refractivity contribution is 6.78. The smallest absolute Gasteiger partial charge is 0.148 e. The Hall–Kier alpha value is -3.33. The number of allylic oxidation sites excluding steroid dienone is 1. The molecule has 2 heterocycles. The first kappa shape index (κ1) is 16.5. The largest absolute Gasteiger partial charge is 0.298 e. The van der Waals surface area contributed by atoms with Crippen LogP contribution in [0.1, 0.15) is 23.7 Å². The Kier molecular flexibility index (Phi) is 4.15. The number of benzene rings is 1. The predicted molar refractivity (Wildman–Crippen MR) is 98.6 cm³/mol. The van der Waals surface area contributed by atoms with Gasteiger partial charge in [-0.05, 0) is 25.1 Å². The Morgan fingerprint density at radius 3 is 2.68 bits per heavy atom. The molecule has 0 bridgehead atoms. The monoisotopic (exact) mass is 333 g/mol. The van der Waals surface area contributed by atoms with E-state index in [0.717, 1.165) is 0 Å². The lowest BCUT2D eigenvalue weighted by Crippen LogP contribution is -2.28. The molecule has 6 heteroatoms. The van der Waals surface area contributed by atoms with Gasteiger partial charge in [0.25, 0.3) is 0 Å². The van der Waals surface area contributed by atoms with Crippen LogP contribution in [0, 0.1) is 23.6 Å². The van der Waals surface area contributed by atoms with Crippen molar-refractivity contribution in [3.63, 3.8) is 0 Å². The van der Waals surface area contributed by atoms with Crippen molar-refractivity contribution in [2.45, 2.75) is 6.92 Å². The van der Waals surface area contributed by atoms with Crippen LogP contribution in [-0.2, 0) is 7.05 Å². The Labute approximate surface area is 145 Å². The normalized spacial score (nSPS) is 16.2. The molecule has 0 amide bonds. The second-order valence-electron chi connectivity index (χ2n) is 5.52. The highest BCUT2D eigenvalue weighted by Crippen LogP contribution is 2.34. The Morgan fingerprint density at radius 2 is 2.08 bits per heavy atom. The molecule has 124 valence electrons. The first-order chi connectivity index (χ1) is 12.0. The van der Waals surface area contributed by atoms with Gasteiger partial charge < -0.3 is 0 Å². The Morgan fingerprint density at radius 1 is 1.32 bits per heavy atom. The van der Waals surface area contributed by atoms with Crippen molar-refractivity contribution >= 4 is 28.4 Å². The second kappa shape index (κ2) is 6.29. The number of aliphatic imine (C=N–C) groups is 2. The highest BCUT2D eigenvalue weighted by atomic mass is 19.1. The number of hydrogen-bond acceptors (Lipinski definition) is 4. The van der Waals surface area contributed by atoms with E-state index in [1.165, 1.54) is 6.07 Å². The van der Waals surface area contributed by atoms with Crippen LogP contribution in [-0.4, -0.2) is 34.0 Å². The molecule has 0 atom stereocenters. The third-order valence-corrected chi connectivity index (χ3v) is 4.06. The van der Waals surface area contributed by atoms with Crippen LogP contribution < -0.4 is 0 Å². The van der Waals surface area contributed by atoms with Crippen LogP contribution in [0.25, 0.3) is 11.3 Å². The van der Waals surface area contributed by atoms with Crippen molar-refractivity contribution in [2.75, 3.05) is 7.05 Å². The number of nitrogens with one attached hydrogen (secondary N) is 1. The summed E-state index contributed by atoms with van der Waals surface area (Å²) in [5.74, 6) is 1.81. The van der Waals surface area contributed by atoms with Crippen LogP contribution in [0.15, 0.2) is 40.4 Å². The minimum atomic E-state index is -0.527. The summed E-state index contributed by atoms with van der Waals surface area (Å²) >= 11 is 0. The summed E-state index contributed by atoms with van der Waals surface area (Å²) in [4.78, 5) is 8.70. The molecule has 3 rings (SSSR count). The molecule has 0 radical (unpaired) electrons. The summed E-state index contributed by atoms with van der Waals surface area (Å²) in [5.41, 5.74) is 3.09. The fourth-order valence-electron chi connectivity index (χ4n) is 2.86. The van der Waals surface area contributed by atoms with Crippen LogP contribution in [0.2, 0.25) is 0 Å². The first-order valence-corrected chi connectivity index (χ1v) is 7.59. The van der Waals surface area contributed by atoms with Crippen molar-refractivity contribution in [1.82, 2.24) is 9.78 Å². The molecule has 1 aromatic heterocycles. The molecule has 0 saturated carbocycles. The molecule has 1 N–H and O–H groups in total. The third-order valence-electron chi connectivity index (χ3n) is 4.06. The molecule has 5 nitrogen and oxygen atoms in total. The number of aromatic nitrogens is 2. The summed E-state index contributed by atoms with van der Waals surface area (Å²) in [5, 5.41) is 12.7. The number of halogens is 1. The molecule has 0 saturated heterocycles. The molecule has 1 aliphatic heterocycles. The zero-order chi connectivity index (χ0) is 18.1. The van der Waals surface area contributed by atoms with E-state index in [4.69, 9.17) is 11.8 Å². The zero-order valence-electron chi connectivity index (χ0n) is 14.1. The van der Waals surface area contributed by atoms with E-state index in [1.54, 1.807) is 50.1 Å². The van der Waals surface area contributed by atoms with E-state index < -0.39 is 5.82 Å². The maximum atomic E-state index is 14.8. The van der Waals surface area contributed by atoms with E-state index in [-0.39, 0.29) is 16.8 Å². The molecule has 25 heavy (non-hydrogen) atoms. The summed E-state index contributed by atoms with van der Waals surface area (Å²) in [6.07, 6.45) is 7.00. The van der Waals surface area contributed by atoms with Gasteiger partial charge in [-0.15, -0.1) is 6.42 Å². The molecule has 1 aromatic carbocycles. The minimum Gasteiger partial charge on any atom is -0.298 e. The van der Waals surface area contributed by atoms with Gasteiger partial charge in [0.1, 0.15) is 11.5 Å². The molecule has 0 aliphatic carbocycles. The standard InChI is InChI=1S/C19H16FN5/c1-5-12-7-6-8-13(16(12)20)19-15(14-9-10-23-25(14)4)17(21)18(22-3)11(2)24-19/h1,6-10,21H,2-4H3. The van der Waals surface area contributed by atoms with E-state index >= 15 is 0 Å². The van der Waals surface area contributed by atoms with Crippen molar-refractivity contribution < 1.29 is 4.39 Å². The summed E-state index contributed by atoms with van der Waals surface area (Å²) in [7, 11) is 3.36. The molecule has 0 fully saturated rings. The quantitative estimate of drug-likeness (QED) is 0.844. The van der Waals surface area contributed by atoms with Crippen molar-refractivity contribution in [3.05, 3.63) is 53.1 Å². The van der Waals surface area contributed by atoms with Crippen molar-refractivity contribution in [1.29, 1.82) is 5.41 Å². The van der Waals surface area contributed by atoms with Crippen LogP contribution in [0.3, 0.4) is 0 Å². The van der Waals surface area contributed by atoms with Crippen molar-refractivity contribution in [3.8, 4) is 12.3 Å². The number of hydrogen-bond donors (Lipinski definition) is 1. The van der Waals surface area contributed by atoms with Crippen LogP contribution in [0.4, 0.5) is 4.39 Å². The first-order valence-electron chi connectivity index (χ1n) is 7.59. The lowest BCUT2D eigenvalue weighted by atomic mass is 9.91. The highest BCUT2D eigenvalue weighted by Gasteiger charge is 2.29. The molecule has 1 aliphatic rings. The zero-order valence-corrected chi connectivity index (χ0v) is 14.1. The lowest BCUT2D eigenvalue weighted by molar-refractivity contribution is 0.620. The fourth-order valence-corrected chi connectivity index (χ4v) is 2.86. The molecular weight excluding hydrogens is 317 g/mol. The van der Waals surface area contributed by atoms with Gasteiger partial charge in [0, 0.05) is 25.9 Å². The number of terminal acetylenes is 1. The predicted octanol–water partition coefficient (Wildman–Crippen LogP) is 2.97. The molecule has 0 spiro atoms. The Balaban J connectivity index is 2.39. The summed E-state index contributed by atoms with van der Waals surface area (Å²) in [6, 6.07) is 6.59. The van der Waals surface area contributed by atoms with Gasteiger partial charge in [0.15, 0.2) is 0 Å². The van der Waals surface area contributed by atoms with E-state index in [9.17, 15) is 4.39 Å². The van der Waals surface area contributed by atoms with Gasteiger partial charge in [0.2, 0.25) is 0 Å². The second-order valence-corrected chi connectivity index (χ2v) is 5.52. The van der Waals surface area contributed by atoms with Gasteiger partial charge in [-0.2, -0.15) is 5.10 Å². The topological polar surface area (TPSA) is 66.4 Å². The van der Waals surface area contributed by atoms with Crippen LogP contribution >= 0.6 is 0 Å². The maximum absolute atomic E-state index is 14.8. The van der Waals surface area contributed by atoms with Gasteiger partial charge in [-0.1, -0.05) is 12.0 Å². The summed E-state index contributed by atoms with van der Waals surface area (Å²) < 4.78 is 16.5. The molecule has 0 unspecified atom stereocenters. The molecule has 2 aromatic rings. The fraction of sp³-hybridized carbons (Fsp3) is 0.158. The van der Waals surface area contributed by atoms with Gasteiger partial charge in [-0.3, -0.25) is 15.1 Å². The SMILES string of the molecule is C#Cc1cccc(C2=C(c3ccnn3C)C(=N)C(=NC)C(C)=N2)c1F. The van der Waals surface area contributed by atoms with Crippen LogP contribution in [0.5, 0.6) is 0 Å². The maximum Gasteiger partial charge on any atom is 0.148 e. The van der Waals surface area contributed by atoms with Gasteiger partial charge >= 0.3 is 0 Å². The molecular formula is C19H16FN5. The van der Waals surface area contributed by atoms with E-state index in [0.29, 0.717) is 28.4 Å².